The number of hydrogen-bond donors (Lipinski definition) is 5. The van der Waals surface area contributed by atoms with Crippen LogP contribution in [0.4, 0.5) is 42.4 Å². The monoisotopic (exact) mass is 721 g/mol. The summed E-state index contributed by atoms with van der Waals surface area (Å²) in [4.78, 5) is 43.6. The number of carboxylic acid groups (broad SMARTS) is 1. The molecule has 18 heteroatoms. The molecule has 0 atom stereocenters. The molecule has 51 heavy (non-hydrogen) atoms. The Morgan fingerprint density at radius 1 is 0.882 bits per heavy atom. The van der Waals surface area contributed by atoms with Gasteiger partial charge in [-0.1, -0.05) is 12.1 Å². The number of carbonyl (C=O) groups is 2. The molecule has 0 unspecified atom stereocenters. The van der Waals surface area contributed by atoms with Gasteiger partial charge in [0.25, 0.3) is 5.56 Å². The van der Waals surface area contributed by atoms with Gasteiger partial charge in [0.1, 0.15) is 29.0 Å². The van der Waals surface area contributed by atoms with Crippen LogP contribution in [0.3, 0.4) is 0 Å². The van der Waals surface area contributed by atoms with Gasteiger partial charge in [-0.15, -0.1) is 0 Å². The van der Waals surface area contributed by atoms with Crippen LogP contribution in [0, 0.1) is 30.2 Å². The van der Waals surface area contributed by atoms with Crippen molar-refractivity contribution in [3.8, 4) is 16.9 Å². The Balaban J connectivity index is 0.000000755. The molecule has 5 N–H and O–H groups in total. The van der Waals surface area contributed by atoms with Crippen LogP contribution < -0.4 is 16.2 Å². The van der Waals surface area contributed by atoms with Crippen LogP contribution in [-0.2, 0) is 16.0 Å². The first-order chi connectivity index (χ1) is 24.0. The summed E-state index contributed by atoms with van der Waals surface area (Å²) < 4.78 is 89.5. The Kier molecular flexibility index (Phi) is 11.7. The van der Waals surface area contributed by atoms with Crippen molar-refractivity contribution in [2.24, 2.45) is 0 Å². The van der Waals surface area contributed by atoms with Crippen LogP contribution in [0.5, 0.6) is 0 Å². The molecule has 5 rings (SSSR count). The number of pyridine rings is 1. The van der Waals surface area contributed by atoms with Crippen molar-refractivity contribution in [2.75, 3.05) is 23.8 Å². The van der Waals surface area contributed by atoms with E-state index in [1.165, 1.54) is 6.07 Å². The van der Waals surface area contributed by atoms with E-state index in [1.807, 2.05) is 0 Å². The molecule has 0 saturated carbocycles. The smallest absolute Gasteiger partial charge is 0.475 e. The Bertz CT molecular complexity index is 2120. The summed E-state index contributed by atoms with van der Waals surface area (Å²) in [5.74, 6) is -7.15. The van der Waals surface area contributed by atoms with Crippen molar-refractivity contribution >= 4 is 34.5 Å². The third kappa shape index (κ3) is 9.22. The third-order valence-electron chi connectivity index (χ3n) is 6.99. The second-order valence-corrected chi connectivity index (χ2v) is 10.8. The fourth-order valence-corrected chi connectivity index (χ4v) is 4.69. The molecule has 0 spiro atoms. The number of aryl methyl sites for hydroxylation is 1. The molecule has 0 aliphatic rings. The van der Waals surface area contributed by atoms with E-state index < -0.39 is 71.8 Å². The van der Waals surface area contributed by atoms with Crippen LogP contribution in [0.25, 0.3) is 28.0 Å². The van der Waals surface area contributed by atoms with Crippen LogP contribution in [0.1, 0.15) is 11.1 Å². The molecule has 0 aliphatic heterocycles. The van der Waals surface area contributed by atoms with Crippen molar-refractivity contribution in [3.63, 3.8) is 0 Å². The number of nitrogens with one attached hydrogen (secondary N) is 2. The molecule has 0 bridgehead atoms. The molecule has 0 saturated heterocycles. The Hall–Kier alpha value is -5.88. The number of benzene rings is 3. The zero-order valence-corrected chi connectivity index (χ0v) is 26.1. The number of para-hydroxylation sites is 1. The molecule has 11 nitrogen and oxygen atoms in total. The number of aliphatic hydroxyl groups is 2. The molecule has 2 heterocycles. The summed E-state index contributed by atoms with van der Waals surface area (Å²) in [6, 6.07) is 12.4. The molecular weight excluding hydrogens is 695 g/mol. The number of carboxylic acids is 1. The summed E-state index contributed by atoms with van der Waals surface area (Å²) in [6.07, 6.45) is -5.40. The van der Waals surface area contributed by atoms with Gasteiger partial charge in [0.2, 0.25) is 11.9 Å². The lowest BCUT2D eigenvalue weighted by Gasteiger charge is -2.18. The van der Waals surface area contributed by atoms with Gasteiger partial charge < -0.3 is 26.0 Å². The molecule has 0 fully saturated rings. The fourth-order valence-electron chi connectivity index (χ4n) is 4.69. The molecule has 0 aliphatic carbocycles. The number of anilines is 2. The number of alkyl halides is 3. The number of carbonyl (C=O) groups excluding carboxylic acids is 1. The van der Waals surface area contributed by atoms with Gasteiger partial charge in [0.15, 0.2) is 5.65 Å². The van der Waals surface area contributed by atoms with E-state index in [2.05, 4.69) is 20.6 Å². The molecule has 3 aromatic carbocycles. The third-order valence-corrected chi connectivity index (χ3v) is 6.99. The van der Waals surface area contributed by atoms with Gasteiger partial charge >= 0.3 is 12.1 Å². The molecule has 5 aromatic rings. The highest BCUT2D eigenvalue weighted by atomic mass is 19.4. The Morgan fingerprint density at radius 2 is 1.49 bits per heavy atom. The fraction of sp³-hybridized carbons (Fsp3) is 0.182. The standard InChI is InChI=1S/C31H25F4N5O4.C2HF3O2/c1-16-5-6-20(36-26(43)11-17-9-18(32)12-19(33)10-17)13-23(16)28-22-7-8-27(44)40(29-24(34)3-2-4-25(29)35)30(22)39-31(38-28)37-21(14-41)15-42;3-2(4,5)1(6)7/h2-10,12-13,21,41-42H,11,14-15H2,1H3,(H,36,43)(H,37,38,39);(H,6,7). The predicted octanol–water partition coefficient (Wildman–Crippen LogP) is 4.89. The van der Waals surface area contributed by atoms with Crippen molar-refractivity contribution in [1.29, 1.82) is 0 Å². The first kappa shape index (κ1) is 37.9. The summed E-state index contributed by atoms with van der Waals surface area (Å²) in [6.45, 7) is 0.730. The van der Waals surface area contributed by atoms with E-state index in [0.29, 0.717) is 22.9 Å². The maximum atomic E-state index is 14.9. The minimum Gasteiger partial charge on any atom is -0.475 e. The van der Waals surface area contributed by atoms with Gasteiger partial charge in [-0.3, -0.25) is 14.2 Å². The largest absolute Gasteiger partial charge is 0.490 e. The lowest BCUT2D eigenvalue weighted by Crippen LogP contribution is -2.29. The number of fused-ring (bicyclic) bond motifs is 1. The van der Waals surface area contributed by atoms with Crippen molar-refractivity contribution in [2.45, 2.75) is 25.6 Å². The Labute approximate surface area is 282 Å². The number of hydrogen-bond acceptors (Lipinski definition) is 8. The highest BCUT2D eigenvalue weighted by Gasteiger charge is 2.38. The van der Waals surface area contributed by atoms with Crippen LogP contribution in [0.2, 0.25) is 0 Å². The van der Waals surface area contributed by atoms with Gasteiger partial charge in [-0.2, -0.15) is 18.2 Å². The lowest BCUT2D eigenvalue weighted by molar-refractivity contribution is -0.192. The number of aliphatic hydroxyl groups excluding tert-OH is 2. The van der Waals surface area contributed by atoms with E-state index in [-0.39, 0.29) is 34.7 Å². The molecular formula is C33H26F7N5O6. The van der Waals surface area contributed by atoms with E-state index in [4.69, 9.17) is 9.90 Å². The predicted molar refractivity (Wildman–Crippen MR) is 169 cm³/mol. The SMILES string of the molecule is Cc1ccc(NC(=O)Cc2cc(F)cc(F)c2)cc1-c1nc(NC(CO)CO)nc2c1ccc(=O)n2-c1c(F)cccc1F.O=C(O)C(F)(F)F. The normalized spacial score (nSPS) is 11.3. The van der Waals surface area contributed by atoms with Crippen molar-refractivity contribution in [1.82, 2.24) is 14.5 Å². The van der Waals surface area contributed by atoms with E-state index in [0.717, 1.165) is 41.0 Å². The summed E-state index contributed by atoms with van der Waals surface area (Å²) in [5.41, 5.74) is 0.0755. The topological polar surface area (TPSA) is 167 Å². The first-order valence-corrected chi connectivity index (χ1v) is 14.5. The molecule has 1 amide bonds. The molecule has 268 valence electrons. The van der Waals surface area contributed by atoms with Gasteiger partial charge in [-0.25, -0.2) is 27.3 Å². The first-order valence-electron chi connectivity index (χ1n) is 14.5. The van der Waals surface area contributed by atoms with E-state index in [9.17, 15) is 50.5 Å². The van der Waals surface area contributed by atoms with Crippen LogP contribution in [-0.4, -0.2) is 67.2 Å². The van der Waals surface area contributed by atoms with Gasteiger partial charge in [0, 0.05) is 28.8 Å². The summed E-state index contributed by atoms with van der Waals surface area (Å²) >= 11 is 0. The molecule has 2 aromatic heterocycles. The average Bonchev–Trinajstić information content (AvgIpc) is 3.04. The van der Waals surface area contributed by atoms with Gasteiger partial charge in [0.05, 0.1) is 31.4 Å². The second-order valence-electron chi connectivity index (χ2n) is 10.8. The summed E-state index contributed by atoms with van der Waals surface area (Å²) in [5, 5.41) is 32.0. The minimum atomic E-state index is -5.08. The van der Waals surface area contributed by atoms with Crippen molar-refractivity contribution < 1.29 is 55.6 Å². The number of aromatic nitrogens is 3. The van der Waals surface area contributed by atoms with Crippen LogP contribution >= 0.6 is 0 Å². The quantitative estimate of drug-likeness (QED) is 0.133. The summed E-state index contributed by atoms with van der Waals surface area (Å²) in [7, 11) is 0. The maximum absolute atomic E-state index is 14.9. The highest BCUT2D eigenvalue weighted by molar-refractivity contribution is 5.96. The number of rotatable bonds is 9. The number of aliphatic carboxylic acids is 1. The zero-order chi connectivity index (χ0) is 37.6. The van der Waals surface area contributed by atoms with Gasteiger partial charge in [-0.05, 0) is 60.5 Å². The number of nitrogens with zero attached hydrogens (tertiary/aromatic N) is 3. The molecule has 0 radical (unpaired) electrons. The zero-order valence-electron chi connectivity index (χ0n) is 26.1. The van der Waals surface area contributed by atoms with E-state index in [1.54, 1.807) is 25.1 Å². The lowest BCUT2D eigenvalue weighted by atomic mass is 10.0. The average molecular weight is 722 g/mol. The maximum Gasteiger partial charge on any atom is 0.490 e. The van der Waals surface area contributed by atoms with Crippen molar-refractivity contribution in [3.05, 3.63) is 111 Å². The highest BCUT2D eigenvalue weighted by Crippen LogP contribution is 2.33. The number of halogens is 7. The van der Waals surface area contributed by atoms with Crippen LogP contribution in [0.15, 0.2) is 71.5 Å². The second kappa shape index (κ2) is 15.8. The minimum absolute atomic E-state index is 0.130. The number of amides is 1. The van der Waals surface area contributed by atoms with E-state index >= 15 is 0 Å². The Morgan fingerprint density at radius 3 is 2.06 bits per heavy atom.